The standard InChI is InChI=1S/C22H27N3O5/c1-15-20(16(2)30-23-15)22(27)25-9-3-4-18(25)14-29-19-7-5-17(6-8-19)21(26)24-10-12-28-13-11-24/h5-8,18H,3-4,9-14H2,1-2H3. The molecule has 1 atom stereocenters. The van der Waals surface area contributed by atoms with Crippen LogP contribution in [0.3, 0.4) is 0 Å². The van der Waals surface area contributed by atoms with E-state index in [0.29, 0.717) is 67.8 Å². The number of nitrogens with zero attached hydrogens (tertiary/aromatic N) is 3. The van der Waals surface area contributed by atoms with Crippen LogP contribution >= 0.6 is 0 Å². The average Bonchev–Trinajstić information content (AvgIpc) is 3.38. The largest absolute Gasteiger partial charge is 0.491 e. The lowest BCUT2D eigenvalue weighted by atomic mass is 10.1. The molecule has 0 aliphatic carbocycles. The van der Waals surface area contributed by atoms with Gasteiger partial charge in [-0.1, -0.05) is 5.16 Å². The fourth-order valence-electron chi connectivity index (χ4n) is 4.04. The van der Waals surface area contributed by atoms with Crippen LogP contribution in [0.4, 0.5) is 0 Å². The first-order valence-corrected chi connectivity index (χ1v) is 10.4. The normalized spacial score (nSPS) is 19.2. The van der Waals surface area contributed by atoms with E-state index in [2.05, 4.69) is 5.16 Å². The van der Waals surface area contributed by atoms with Crippen LogP contribution in [-0.2, 0) is 4.74 Å². The molecule has 8 nitrogen and oxygen atoms in total. The number of carbonyl (C=O) groups is 2. The number of amides is 2. The minimum Gasteiger partial charge on any atom is -0.491 e. The van der Waals surface area contributed by atoms with E-state index in [-0.39, 0.29) is 17.9 Å². The first-order valence-electron chi connectivity index (χ1n) is 10.4. The molecule has 2 saturated heterocycles. The van der Waals surface area contributed by atoms with Crippen molar-refractivity contribution in [2.75, 3.05) is 39.5 Å². The van der Waals surface area contributed by atoms with Crippen molar-refractivity contribution in [1.29, 1.82) is 0 Å². The van der Waals surface area contributed by atoms with Gasteiger partial charge in [-0.3, -0.25) is 9.59 Å². The Labute approximate surface area is 175 Å². The van der Waals surface area contributed by atoms with E-state index in [9.17, 15) is 9.59 Å². The molecule has 8 heteroatoms. The third-order valence-electron chi connectivity index (χ3n) is 5.73. The van der Waals surface area contributed by atoms with Crippen molar-refractivity contribution >= 4 is 11.8 Å². The van der Waals surface area contributed by atoms with Crippen LogP contribution in [0.15, 0.2) is 28.8 Å². The summed E-state index contributed by atoms with van der Waals surface area (Å²) in [5, 5.41) is 3.89. The highest BCUT2D eigenvalue weighted by atomic mass is 16.5. The zero-order valence-electron chi connectivity index (χ0n) is 17.4. The topological polar surface area (TPSA) is 85.1 Å². The summed E-state index contributed by atoms with van der Waals surface area (Å²) in [6.07, 6.45) is 1.83. The zero-order chi connectivity index (χ0) is 21.1. The number of carbonyl (C=O) groups excluding carboxylic acids is 2. The van der Waals surface area contributed by atoms with Gasteiger partial charge < -0.3 is 23.8 Å². The van der Waals surface area contributed by atoms with E-state index < -0.39 is 0 Å². The monoisotopic (exact) mass is 413 g/mol. The number of rotatable bonds is 5. The molecule has 2 amide bonds. The molecule has 2 fully saturated rings. The second kappa shape index (κ2) is 8.87. The highest BCUT2D eigenvalue weighted by molar-refractivity contribution is 5.96. The van der Waals surface area contributed by atoms with Crippen molar-refractivity contribution in [3.05, 3.63) is 46.8 Å². The number of aryl methyl sites for hydroxylation is 2. The summed E-state index contributed by atoms with van der Waals surface area (Å²) in [6.45, 7) is 7.05. The van der Waals surface area contributed by atoms with Gasteiger partial charge in [0.1, 0.15) is 23.7 Å². The first kappa shape index (κ1) is 20.4. The van der Waals surface area contributed by atoms with E-state index in [1.54, 1.807) is 30.9 Å². The summed E-state index contributed by atoms with van der Waals surface area (Å²) in [5.74, 6) is 1.19. The average molecular weight is 413 g/mol. The van der Waals surface area contributed by atoms with Crippen molar-refractivity contribution in [3.63, 3.8) is 0 Å². The van der Waals surface area contributed by atoms with Gasteiger partial charge in [0.15, 0.2) is 0 Å². The van der Waals surface area contributed by atoms with Gasteiger partial charge >= 0.3 is 0 Å². The minimum atomic E-state index is -0.0520. The van der Waals surface area contributed by atoms with E-state index in [0.717, 1.165) is 12.8 Å². The molecule has 0 saturated carbocycles. The lowest BCUT2D eigenvalue weighted by Crippen LogP contribution is -2.40. The van der Waals surface area contributed by atoms with E-state index >= 15 is 0 Å². The molecule has 1 unspecified atom stereocenters. The summed E-state index contributed by atoms with van der Waals surface area (Å²) < 4.78 is 16.4. The lowest BCUT2D eigenvalue weighted by molar-refractivity contribution is 0.0303. The molecular weight excluding hydrogens is 386 g/mol. The smallest absolute Gasteiger partial charge is 0.259 e. The molecule has 160 valence electrons. The van der Waals surface area contributed by atoms with Gasteiger partial charge in [-0.05, 0) is 51.0 Å². The molecule has 1 aromatic heterocycles. The van der Waals surface area contributed by atoms with Crippen molar-refractivity contribution in [2.24, 2.45) is 0 Å². The van der Waals surface area contributed by atoms with Crippen LogP contribution in [0.5, 0.6) is 5.75 Å². The maximum atomic E-state index is 13.0. The lowest BCUT2D eigenvalue weighted by Gasteiger charge is -2.27. The molecule has 2 aliphatic heterocycles. The minimum absolute atomic E-state index is 0.000795. The summed E-state index contributed by atoms with van der Waals surface area (Å²) in [4.78, 5) is 29.1. The molecule has 1 aromatic carbocycles. The number of likely N-dealkylation sites (tertiary alicyclic amines) is 1. The van der Waals surface area contributed by atoms with Gasteiger partial charge in [0.05, 0.1) is 24.9 Å². The predicted octanol–water partition coefficient (Wildman–Crippen LogP) is 2.45. The van der Waals surface area contributed by atoms with Gasteiger partial charge in [-0.2, -0.15) is 0 Å². The molecule has 3 heterocycles. The fourth-order valence-corrected chi connectivity index (χ4v) is 4.04. The molecular formula is C22H27N3O5. The number of hydrogen-bond donors (Lipinski definition) is 0. The first-order chi connectivity index (χ1) is 14.5. The Morgan fingerprint density at radius 2 is 1.83 bits per heavy atom. The number of hydrogen-bond acceptors (Lipinski definition) is 6. The third-order valence-corrected chi connectivity index (χ3v) is 5.73. The summed E-state index contributed by atoms with van der Waals surface area (Å²) in [5.41, 5.74) is 1.80. The number of aromatic nitrogens is 1. The molecule has 0 bridgehead atoms. The second-order valence-electron chi connectivity index (χ2n) is 7.73. The Morgan fingerprint density at radius 3 is 2.50 bits per heavy atom. The quantitative estimate of drug-likeness (QED) is 0.749. The van der Waals surface area contributed by atoms with E-state index in [4.69, 9.17) is 14.0 Å². The van der Waals surface area contributed by atoms with Crippen LogP contribution < -0.4 is 4.74 Å². The van der Waals surface area contributed by atoms with Gasteiger partial charge in [0, 0.05) is 25.2 Å². The molecule has 30 heavy (non-hydrogen) atoms. The Morgan fingerprint density at radius 1 is 1.10 bits per heavy atom. The van der Waals surface area contributed by atoms with Crippen molar-refractivity contribution < 1.29 is 23.6 Å². The van der Waals surface area contributed by atoms with Crippen LogP contribution in [0.2, 0.25) is 0 Å². The van der Waals surface area contributed by atoms with E-state index in [1.807, 2.05) is 17.0 Å². The highest BCUT2D eigenvalue weighted by Crippen LogP contribution is 2.24. The van der Waals surface area contributed by atoms with Crippen molar-refractivity contribution in [2.45, 2.75) is 32.7 Å². The van der Waals surface area contributed by atoms with Crippen LogP contribution in [-0.4, -0.2) is 72.3 Å². The van der Waals surface area contributed by atoms with Crippen molar-refractivity contribution in [1.82, 2.24) is 15.0 Å². The van der Waals surface area contributed by atoms with Gasteiger partial charge in [-0.15, -0.1) is 0 Å². The Hall–Kier alpha value is -2.87. The molecule has 0 spiro atoms. The van der Waals surface area contributed by atoms with Crippen LogP contribution in [0.25, 0.3) is 0 Å². The van der Waals surface area contributed by atoms with Gasteiger partial charge in [0.2, 0.25) is 0 Å². The highest BCUT2D eigenvalue weighted by Gasteiger charge is 2.33. The molecule has 0 radical (unpaired) electrons. The van der Waals surface area contributed by atoms with Crippen LogP contribution in [0.1, 0.15) is 45.0 Å². The van der Waals surface area contributed by atoms with Gasteiger partial charge in [-0.25, -0.2) is 0 Å². The maximum Gasteiger partial charge on any atom is 0.259 e. The Bertz CT molecular complexity index is 882. The summed E-state index contributed by atoms with van der Waals surface area (Å²) >= 11 is 0. The Kier molecular flexibility index (Phi) is 6.03. The van der Waals surface area contributed by atoms with Gasteiger partial charge in [0.25, 0.3) is 11.8 Å². The zero-order valence-corrected chi connectivity index (χ0v) is 17.4. The SMILES string of the molecule is Cc1noc(C)c1C(=O)N1CCCC1COc1ccc(C(=O)N2CCOCC2)cc1. The number of morpholine rings is 1. The summed E-state index contributed by atoms with van der Waals surface area (Å²) in [6, 6.07) is 7.19. The molecule has 2 aromatic rings. The fraction of sp³-hybridized carbons (Fsp3) is 0.500. The number of benzene rings is 1. The Balaban J connectivity index is 1.36. The maximum absolute atomic E-state index is 13.0. The molecule has 2 aliphatic rings. The molecule has 0 N–H and O–H groups in total. The van der Waals surface area contributed by atoms with E-state index in [1.165, 1.54) is 0 Å². The second-order valence-corrected chi connectivity index (χ2v) is 7.73. The predicted molar refractivity (Wildman–Crippen MR) is 109 cm³/mol. The number of ether oxygens (including phenoxy) is 2. The summed E-state index contributed by atoms with van der Waals surface area (Å²) in [7, 11) is 0. The third kappa shape index (κ3) is 4.18. The van der Waals surface area contributed by atoms with Crippen molar-refractivity contribution in [3.8, 4) is 5.75 Å². The molecule has 4 rings (SSSR count). The van der Waals surface area contributed by atoms with Crippen LogP contribution in [0, 0.1) is 13.8 Å².